The zero-order valence-electron chi connectivity index (χ0n) is 18.1. The maximum Gasteiger partial charge on any atom is 0.0456 e. The summed E-state index contributed by atoms with van der Waals surface area (Å²) in [6.45, 7) is 4.57. The predicted octanol–water partition coefficient (Wildman–Crippen LogP) is 7.65. The van der Waals surface area contributed by atoms with Crippen molar-refractivity contribution in [1.29, 1.82) is 0 Å². The molecule has 0 spiro atoms. The van der Waals surface area contributed by atoms with Gasteiger partial charge in [0.2, 0.25) is 0 Å². The Morgan fingerprint density at radius 1 is 0.769 bits per heavy atom. The van der Waals surface area contributed by atoms with Gasteiger partial charge in [0.15, 0.2) is 0 Å². The lowest BCUT2D eigenvalue weighted by Gasteiger charge is -2.43. The van der Waals surface area contributed by atoms with Gasteiger partial charge < -0.3 is 0 Å². The van der Waals surface area contributed by atoms with Crippen LogP contribution in [0.25, 0.3) is 0 Å². The van der Waals surface area contributed by atoms with E-state index in [1.807, 2.05) is 6.26 Å². The summed E-state index contributed by atoms with van der Waals surface area (Å²) in [5.74, 6) is 2.96. The van der Waals surface area contributed by atoms with Crippen LogP contribution in [0.3, 0.4) is 0 Å². The van der Waals surface area contributed by atoms with Crippen molar-refractivity contribution >= 4 is 10.8 Å². The Kier molecular flexibility index (Phi) is 10.2. The average molecular weight is 383 g/mol. The van der Waals surface area contributed by atoms with Gasteiger partial charge in [0, 0.05) is 21.8 Å². The van der Waals surface area contributed by atoms with Crippen LogP contribution in [0.4, 0.5) is 0 Å². The van der Waals surface area contributed by atoms with E-state index in [1.54, 1.807) is 0 Å². The Balaban J connectivity index is 1.68. The fourth-order valence-electron chi connectivity index (χ4n) is 5.80. The Morgan fingerprint density at radius 2 is 1.35 bits per heavy atom. The molecule has 0 amide bonds. The van der Waals surface area contributed by atoms with Gasteiger partial charge in [0.25, 0.3) is 0 Å². The summed E-state index contributed by atoms with van der Waals surface area (Å²) in [7, 11) is -0.644. The van der Waals surface area contributed by atoms with Crippen molar-refractivity contribution in [3.8, 4) is 0 Å². The van der Waals surface area contributed by atoms with Gasteiger partial charge in [-0.3, -0.25) is 4.21 Å². The first-order valence-electron chi connectivity index (χ1n) is 11.9. The molecule has 1 nitrogen and oxygen atoms in total. The van der Waals surface area contributed by atoms with Crippen LogP contribution in [-0.4, -0.2) is 15.2 Å². The summed E-state index contributed by atoms with van der Waals surface area (Å²) < 4.78 is 12.6. The molecule has 1 atom stereocenters. The van der Waals surface area contributed by atoms with E-state index in [1.165, 1.54) is 109 Å². The van der Waals surface area contributed by atoms with Crippen molar-refractivity contribution in [3.05, 3.63) is 0 Å². The largest absolute Gasteiger partial charge is 0.259 e. The van der Waals surface area contributed by atoms with Crippen LogP contribution in [0.2, 0.25) is 0 Å². The van der Waals surface area contributed by atoms with E-state index in [0.29, 0.717) is 0 Å². The summed E-state index contributed by atoms with van der Waals surface area (Å²) in [5.41, 5.74) is 0. The Bertz CT molecular complexity index is 389. The standard InChI is InChI=1S/C24H46OS/c1-4-6-8-9-10-11-21-12-14-22(15-13-21)23-16-19-24(20-17-23,26(3)25)18-7-5-2/h21-23H,4-20H2,1-3H3. The van der Waals surface area contributed by atoms with E-state index in [4.69, 9.17) is 0 Å². The zero-order chi connectivity index (χ0) is 18.8. The second-order valence-electron chi connectivity index (χ2n) is 9.56. The third-order valence-corrected chi connectivity index (χ3v) is 9.64. The highest BCUT2D eigenvalue weighted by Gasteiger charge is 2.40. The first-order chi connectivity index (χ1) is 12.6. The third-order valence-electron chi connectivity index (χ3n) is 7.81. The number of hydrogen-bond acceptors (Lipinski definition) is 1. The van der Waals surface area contributed by atoms with Gasteiger partial charge in [-0.25, -0.2) is 0 Å². The smallest absolute Gasteiger partial charge is 0.0456 e. The quantitative estimate of drug-likeness (QED) is 0.335. The lowest BCUT2D eigenvalue weighted by molar-refractivity contribution is 0.147. The highest BCUT2D eigenvalue weighted by Crippen LogP contribution is 2.46. The van der Waals surface area contributed by atoms with Gasteiger partial charge in [-0.05, 0) is 62.7 Å². The van der Waals surface area contributed by atoms with Gasteiger partial charge in [0.05, 0.1) is 0 Å². The minimum atomic E-state index is -0.644. The van der Waals surface area contributed by atoms with Crippen LogP contribution < -0.4 is 0 Å². The fourth-order valence-corrected chi connectivity index (χ4v) is 7.05. The Morgan fingerprint density at radius 3 is 1.92 bits per heavy atom. The van der Waals surface area contributed by atoms with Gasteiger partial charge in [-0.2, -0.15) is 0 Å². The third kappa shape index (κ3) is 6.64. The normalized spacial score (nSPS) is 33.9. The first kappa shape index (κ1) is 22.4. The van der Waals surface area contributed by atoms with Crippen LogP contribution in [-0.2, 0) is 10.8 Å². The summed E-state index contributed by atoms with van der Waals surface area (Å²) in [6, 6.07) is 0. The van der Waals surface area contributed by atoms with Crippen LogP contribution in [0, 0.1) is 17.8 Å². The summed E-state index contributed by atoms with van der Waals surface area (Å²) >= 11 is 0. The Labute approximate surface area is 166 Å². The molecule has 1 unspecified atom stereocenters. The van der Waals surface area contributed by atoms with Crippen molar-refractivity contribution in [1.82, 2.24) is 0 Å². The average Bonchev–Trinajstić information content (AvgIpc) is 2.67. The zero-order valence-corrected chi connectivity index (χ0v) is 18.9. The molecule has 2 aliphatic carbocycles. The molecule has 0 aromatic heterocycles. The second-order valence-corrected chi connectivity index (χ2v) is 11.3. The van der Waals surface area contributed by atoms with E-state index in [-0.39, 0.29) is 4.75 Å². The summed E-state index contributed by atoms with van der Waals surface area (Å²) in [6.07, 6.45) is 25.5. The maximum absolute atomic E-state index is 12.4. The molecule has 0 radical (unpaired) electrons. The molecule has 2 aliphatic rings. The lowest BCUT2D eigenvalue weighted by atomic mass is 9.68. The van der Waals surface area contributed by atoms with Crippen LogP contribution >= 0.6 is 0 Å². The molecule has 0 N–H and O–H groups in total. The Hall–Kier alpha value is 0.150. The molecule has 0 bridgehead atoms. The highest BCUT2D eigenvalue weighted by molar-refractivity contribution is 7.85. The molecular formula is C24H46OS. The minimum absolute atomic E-state index is 0.169. The van der Waals surface area contributed by atoms with E-state index >= 15 is 0 Å². The number of rotatable bonds is 11. The molecular weight excluding hydrogens is 336 g/mol. The first-order valence-corrected chi connectivity index (χ1v) is 13.5. The molecule has 2 fully saturated rings. The maximum atomic E-state index is 12.4. The SMILES string of the molecule is CCCCCCCC1CCC(C2CCC(CCCC)(S(C)=O)CC2)CC1. The number of hydrogen-bond donors (Lipinski definition) is 0. The van der Waals surface area contributed by atoms with Gasteiger partial charge in [-0.1, -0.05) is 78.1 Å². The minimum Gasteiger partial charge on any atom is -0.259 e. The molecule has 26 heavy (non-hydrogen) atoms. The monoisotopic (exact) mass is 382 g/mol. The van der Waals surface area contributed by atoms with Crippen molar-refractivity contribution in [3.63, 3.8) is 0 Å². The molecule has 2 rings (SSSR count). The molecule has 2 saturated carbocycles. The molecule has 0 aliphatic heterocycles. The second kappa shape index (κ2) is 11.9. The fraction of sp³-hybridized carbons (Fsp3) is 1.00. The van der Waals surface area contributed by atoms with E-state index in [0.717, 1.165) is 17.8 Å². The summed E-state index contributed by atoms with van der Waals surface area (Å²) in [4.78, 5) is 0. The van der Waals surface area contributed by atoms with Crippen molar-refractivity contribution in [2.75, 3.05) is 6.26 Å². The lowest BCUT2D eigenvalue weighted by Crippen LogP contribution is -2.40. The van der Waals surface area contributed by atoms with E-state index in [2.05, 4.69) is 13.8 Å². The van der Waals surface area contributed by atoms with Crippen LogP contribution in [0.15, 0.2) is 0 Å². The molecule has 154 valence electrons. The predicted molar refractivity (Wildman–Crippen MR) is 117 cm³/mol. The molecule has 2 heteroatoms. The van der Waals surface area contributed by atoms with E-state index < -0.39 is 10.8 Å². The topological polar surface area (TPSA) is 17.1 Å². The van der Waals surface area contributed by atoms with Crippen molar-refractivity contribution in [2.45, 2.75) is 128 Å². The van der Waals surface area contributed by atoms with Crippen LogP contribution in [0.5, 0.6) is 0 Å². The summed E-state index contributed by atoms with van der Waals surface area (Å²) in [5, 5.41) is 0. The van der Waals surface area contributed by atoms with Crippen LogP contribution in [0.1, 0.15) is 123 Å². The van der Waals surface area contributed by atoms with Crippen molar-refractivity contribution < 1.29 is 4.21 Å². The molecule has 0 saturated heterocycles. The molecule has 0 aromatic carbocycles. The number of unbranched alkanes of at least 4 members (excludes halogenated alkanes) is 5. The highest BCUT2D eigenvalue weighted by atomic mass is 32.2. The van der Waals surface area contributed by atoms with E-state index in [9.17, 15) is 4.21 Å². The molecule has 0 aromatic rings. The van der Waals surface area contributed by atoms with Gasteiger partial charge in [0.1, 0.15) is 0 Å². The molecule has 0 heterocycles. The van der Waals surface area contributed by atoms with Gasteiger partial charge >= 0.3 is 0 Å². The van der Waals surface area contributed by atoms with Crippen molar-refractivity contribution in [2.24, 2.45) is 17.8 Å². The van der Waals surface area contributed by atoms with Gasteiger partial charge in [-0.15, -0.1) is 0 Å².